The van der Waals surface area contributed by atoms with Crippen molar-refractivity contribution in [1.29, 1.82) is 0 Å². The smallest absolute Gasteiger partial charge is 0.152 e. The molecule has 1 aromatic heterocycles. The average molecular weight is 244 g/mol. The number of fused-ring (bicyclic) bond motifs is 1. The third kappa shape index (κ3) is 1.88. The van der Waals surface area contributed by atoms with Gasteiger partial charge in [0.25, 0.3) is 0 Å². The summed E-state index contributed by atoms with van der Waals surface area (Å²) in [5.74, 6) is 0. The molecule has 0 unspecified atom stereocenters. The summed E-state index contributed by atoms with van der Waals surface area (Å²) in [7, 11) is 0. The molecule has 1 aliphatic rings. The van der Waals surface area contributed by atoms with Crippen molar-refractivity contribution in [2.75, 3.05) is 18.0 Å². The summed E-state index contributed by atoms with van der Waals surface area (Å²) in [6, 6.07) is 6.11. The quantitative estimate of drug-likeness (QED) is 0.794. The van der Waals surface area contributed by atoms with Gasteiger partial charge in [-0.15, -0.1) is 0 Å². The fraction of sp³-hybridized carbons (Fsp3) is 0.357. The number of hydrogen-bond acceptors (Lipinski definition) is 3. The minimum atomic E-state index is -0.164. The molecule has 2 aromatic rings. The largest absolute Gasteiger partial charge is 0.393 e. The Morgan fingerprint density at radius 3 is 2.83 bits per heavy atom. The lowest BCUT2D eigenvalue weighted by Crippen LogP contribution is -2.35. The topological polar surface area (TPSA) is 56.3 Å². The van der Waals surface area contributed by atoms with Crippen LogP contribution in [0.3, 0.4) is 0 Å². The Labute approximate surface area is 105 Å². The first-order valence-electron chi connectivity index (χ1n) is 6.27. The second-order valence-corrected chi connectivity index (χ2v) is 4.81. The molecule has 1 aliphatic heterocycles. The minimum Gasteiger partial charge on any atom is -0.393 e. The first-order valence-corrected chi connectivity index (χ1v) is 6.27. The number of H-pyrrole nitrogens is 1. The fourth-order valence-corrected chi connectivity index (χ4v) is 2.55. The van der Waals surface area contributed by atoms with Crippen LogP contribution in [0, 0.1) is 0 Å². The number of aromatic amines is 1. The molecule has 0 amide bonds. The summed E-state index contributed by atoms with van der Waals surface area (Å²) >= 11 is 0. The number of aliphatic hydroxyl groups is 1. The number of nitrogens with one attached hydrogen (secondary N) is 1. The van der Waals surface area contributed by atoms with Gasteiger partial charge in [0.1, 0.15) is 0 Å². The predicted octanol–water partition coefficient (Wildman–Crippen LogP) is 1.94. The maximum Gasteiger partial charge on any atom is 0.152 e. The lowest BCUT2D eigenvalue weighted by Gasteiger charge is -2.31. The predicted molar refractivity (Wildman–Crippen MR) is 71.1 cm³/mol. The van der Waals surface area contributed by atoms with E-state index < -0.39 is 0 Å². The van der Waals surface area contributed by atoms with E-state index in [2.05, 4.69) is 16.0 Å². The summed E-state index contributed by atoms with van der Waals surface area (Å²) < 4.78 is 0. The van der Waals surface area contributed by atoms with E-state index in [1.54, 1.807) is 6.20 Å². The average Bonchev–Trinajstić information content (AvgIpc) is 2.81. The highest BCUT2D eigenvalue weighted by Gasteiger charge is 2.17. The zero-order chi connectivity index (χ0) is 12.5. The van der Waals surface area contributed by atoms with Crippen LogP contribution in [0.4, 0.5) is 5.69 Å². The molecule has 2 heterocycles. The highest BCUT2D eigenvalue weighted by atomic mass is 16.3. The van der Waals surface area contributed by atoms with Crippen LogP contribution >= 0.6 is 0 Å². The molecule has 2 N–H and O–H groups in total. The van der Waals surface area contributed by atoms with E-state index in [0.717, 1.165) is 48.8 Å². The van der Waals surface area contributed by atoms with Crippen LogP contribution in [0.5, 0.6) is 0 Å². The van der Waals surface area contributed by atoms with Crippen molar-refractivity contribution in [3.8, 4) is 0 Å². The van der Waals surface area contributed by atoms with Crippen molar-refractivity contribution in [2.45, 2.75) is 18.9 Å². The van der Waals surface area contributed by atoms with Crippen LogP contribution in [0.25, 0.3) is 10.9 Å². The summed E-state index contributed by atoms with van der Waals surface area (Å²) in [4.78, 5) is 16.3. The van der Waals surface area contributed by atoms with Gasteiger partial charge in [0.15, 0.2) is 6.29 Å². The van der Waals surface area contributed by atoms with Crippen LogP contribution < -0.4 is 4.90 Å². The molecule has 4 nitrogen and oxygen atoms in total. The van der Waals surface area contributed by atoms with Gasteiger partial charge in [-0.05, 0) is 31.0 Å². The maximum atomic E-state index is 10.9. The first-order chi connectivity index (χ1) is 8.78. The van der Waals surface area contributed by atoms with Crippen molar-refractivity contribution < 1.29 is 9.90 Å². The molecular formula is C14H16N2O2. The molecule has 18 heavy (non-hydrogen) atoms. The van der Waals surface area contributed by atoms with Gasteiger partial charge in [-0.25, -0.2) is 0 Å². The maximum absolute atomic E-state index is 10.9. The molecular weight excluding hydrogens is 228 g/mol. The number of carbonyl (C=O) groups excluding carboxylic acids is 1. The van der Waals surface area contributed by atoms with Crippen LogP contribution in [0.1, 0.15) is 23.2 Å². The third-order valence-electron chi connectivity index (χ3n) is 3.65. The van der Waals surface area contributed by atoms with Crippen LogP contribution in [-0.2, 0) is 0 Å². The summed E-state index contributed by atoms with van der Waals surface area (Å²) in [5, 5.41) is 10.5. The number of anilines is 1. The minimum absolute atomic E-state index is 0.164. The number of carbonyl (C=O) groups is 1. The Balaban J connectivity index is 1.94. The number of aldehydes is 1. The lowest BCUT2D eigenvalue weighted by molar-refractivity contribution is 0.112. The van der Waals surface area contributed by atoms with Gasteiger partial charge in [-0.3, -0.25) is 4.79 Å². The molecule has 1 aromatic carbocycles. The number of rotatable bonds is 2. The number of benzene rings is 1. The summed E-state index contributed by atoms with van der Waals surface area (Å²) in [6.45, 7) is 1.74. The molecule has 1 fully saturated rings. The van der Waals surface area contributed by atoms with Crippen molar-refractivity contribution in [3.05, 3.63) is 30.0 Å². The standard InChI is InChI=1S/C14H16N2O2/c17-9-10-8-15-14-2-1-11(7-13(10)14)16-5-3-12(18)4-6-16/h1-2,7-9,12,15,18H,3-6H2. The monoisotopic (exact) mass is 244 g/mol. The van der Waals surface area contributed by atoms with Gasteiger partial charge in [-0.2, -0.15) is 0 Å². The number of nitrogens with zero attached hydrogens (tertiary/aromatic N) is 1. The Kier molecular flexibility index (Phi) is 2.80. The van der Waals surface area contributed by atoms with E-state index in [4.69, 9.17) is 0 Å². The SMILES string of the molecule is O=Cc1c[nH]c2ccc(N3CCC(O)CC3)cc12. The Bertz CT molecular complexity index is 568. The van der Waals surface area contributed by atoms with Crippen molar-refractivity contribution in [3.63, 3.8) is 0 Å². The molecule has 0 bridgehead atoms. The highest BCUT2D eigenvalue weighted by Crippen LogP contribution is 2.26. The Hall–Kier alpha value is -1.81. The fourth-order valence-electron chi connectivity index (χ4n) is 2.55. The van der Waals surface area contributed by atoms with Crippen LogP contribution in [0.15, 0.2) is 24.4 Å². The van der Waals surface area contributed by atoms with Gasteiger partial charge in [0.05, 0.1) is 6.10 Å². The number of piperidine rings is 1. The second kappa shape index (κ2) is 4.46. The van der Waals surface area contributed by atoms with E-state index >= 15 is 0 Å². The number of aromatic nitrogens is 1. The molecule has 0 aliphatic carbocycles. The third-order valence-corrected chi connectivity index (χ3v) is 3.65. The van der Waals surface area contributed by atoms with Gasteiger partial charge in [0, 0.05) is 41.4 Å². The number of hydrogen-bond donors (Lipinski definition) is 2. The van der Waals surface area contributed by atoms with E-state index in [0.29, 0.717) is 5.56 Å². The van der Waals surface area contributed by atoms with Crippen LogP contribution in [-0.4, -0.2) is 35.6 Å². The number of aliphatic hydroxyl groups excluding tert-OH is 1. The Morgan fingerprint density at radius 2 is 2.11 bits per heavy atom. The molecule has 0 atom stereocenters. The first kappa shape index (κ1) is 11.3. The van der Waals surface area contributed by atoms with E-state index in [9.17, 15) is 9.90 Å². The molecule has 0 spiro atoms. The molecule has 1 saturated heterocycles. The van der Waals surface area contributed by atoms with Gasteiger partial charge in [-0.1, -0.05) is 0 Å². The Morgan fingerprint density at radius 1 is 1.33 bits per heavy atom. The van der Waals surface area contributed by atoms with Crippen molar-refractivity contribution >= 4 is 22.9 Å². The highest BCUT2D eigenvalue weighted by molar-refractivity contribution is 5.98. The van der Waals surface area contributed by atoms with Gasteiger partial charge in [0.2, 0.25) is 0 Å². The zero-order valence-electron chi connectivity index (χ0n) is 10.1. The molecule has 3 rings (SSSR count). The molecule has 94 valence electrons. The van der Waals surface area contributed by atoms with E-state index in [-0.39, 0.29) is 6.10 Å². The zero-order valence-corrected chi connectivity index (χ0v) is 10.1. The van der Waals surface area contributed by atoms with Crippen molar-refractivity contribution in [1.82, 2.24) is 4.98 Å². The van der Waals surface area contributed by atoms with Gasteiger partial charge < -0.3 is 15.0 Å². The van der Waals surface area contributed by atoms with Gasteiger partial charge >= 0.3 is 0 Å². The summed E-state index contributed by atoms with van der Waals surface area (Å²) in [6.07, 6.45) is 4.07. The normalized spacial score (nSPS) is 17.3. The lowest BCUT2D eigenvalue weighted by atomic mass is 10.1. The summed E-state index contributed by atoms with van der Waals surface area (Å²) in [5.41, 5.74) is 2.80. The van der Waals surface area contributed by atoms with Crippen LogP contribution in [0.2, 0.25) is 0 Å². The molecule has 0 radical (unpaired) electrons. The van der Waals surface area contributed by atoms with Crippen molar-refractivity contribution in [2.24, 2.45) is 0 Å². The van der Waals surface area contributed by atoms with E-state index in [1.807, 2.05) is 12.1 Å². The van der Waals surface area contributed by atoms with E-state index in [1.165, 1.54) is 0 Å². The molecule has 4 heteroatoms. The molecule has 0 saturated carbocycles. The second-order valence-electron chi connectivity index (χ2n) is 4.81.